The number of carboxylic acid groups (broad SMARTS) is 2. The van der Waals surface area contributed by atoms with Crippen LogP contribution in [0.1, 0.15) is 32.6 Å². The maximum atomic E-state index is 12.0. The molecule has 3 unspecified atom stereocenters. The van der Waals surface area contributed by atoms with Crippen LogP contribution in [-0.2, 0) is 14.4 Å². The molecule has 0 radical (unpaired) electrons. The van der Waals surface area contributed by atoms with E-state index in [2.05, 4.69) is 0 Å². The normalized spacial score (nSPS) is 24.8. The maximum Gasteiger partial charge on any atom is 0.326 e. The molecular formula is C12H20N2O5. The minimum atomic E-state index is -1.18. The summed E-state index contributed by atoms with van der Waals surface area (Å²) < 4.78 is 0. The van der Waals surface area contributed by atoms with Gasteiger partial charge in [0.25, 0.3) is 0 Å². The average molecular weight is 272 g/mol. The SMILES string of the molecule is CCC1CCN(C(=O)C(N)CC(=O)O)C(C(=O)O)C1. The summed E-state index contributed by atoms with van der Waals surface area (Å²) in [6.07, 6.45) is 1.51. The summed E-state index contributed by atoms with van der Waals surface area (Å²) in [6.45, 7) is 2.30. The van der Waals surface area contributed by atoms with Crippen molar-refractivity contribution in [2.45, 2.75) is 44.7 Å². The molecule has 0 bridgehead atoms. The van der Waals surface area contributed by atoms with Crippen LogP contribution < -0.4 is 5.73 Å². The van der Waals surface area contributed by atoms with E-state index < -0.39 is 36.4 Å². The van der Waals surface area contributed by atoms with Gasteiger partial charge in [0.2, 0.25) is 5.91 Å². The lowest BCUT2D eigenvalue weighted by Gasteiger charge is -2.38. The number of hydrogen-bond acceptors (Lipinski definition) is 4. The molecule has 1 saturated heterocycles. The number of hydrogen-bond donors (Lipinski definition) is 3. The van der Waals surface area contributed by atoms with Crippen LogP contribution in [-0.4, -0.2) is 51.6 Å². The van der Waals surface area contributed by atoms with Gasteiger partial charge in [0.1, 0.15) is 6.04 Å². The summed E-state index contributed by atoms with van der Waals surface area (Å²) in [5, 5.41) is 17.8. The zero-order valence-corrected chi connectivity index (χ0v) is 10.9. The van der Waals surface area contributed by atoms with Crippen LogP contribution in [0.25, 0.3) is 0 Å². The number of nitrogens with zero attached hydrogens (tertiary/aromatic N) is 1. The van der Waals surface area contributed by atoms with Crippen molar-refractivity contribution in [3.63, 3.8) is 0 Å². The molecule has 1 aliphatic heterocycles. The highest BCUT2D eigenvalue weighted by atomic mass is 16.4. The Labute approximate surface area is 111 Å². The molecule has 0 saturated carbocycles. The van der Waals surface area contributed by atoms with Gasteiger partial charge < -0.3 is 20.8 Å². The Balaban J connectivity index is 2.76. The first-order valence-electron chi connectivity index (χ1n) is 6.37. The smallest absolute Gasteiger partial charge is 0.326 e. The maximum absolute atomic E-state index is 12.0. The predicted molar refractivity (Wildman–Crippen MR) is 66.4 cm³/mol. The van der Waals surface area contributed by atoms with Crippen molar-refractivity contribution in [2.75, 3.05) is 6.54 Å². The van der Waals surface area contributed by atoms with Crippen LogP contribution in [0.2, 0.25) is 0 Å². The van der Waals surface area contributed by atoms with Crippen molar-refractivity contribution >= 4 is 17.8 Å². The number of piperidine rings is 1. The third kappa shape index (κ3) is 3.92. The quantitative estimate of drug-likeness (QED) is 0.642. The molecule has 0 aromatic heterocycles. The second-order valence-electron chi connectivity index (χ2n) is 4.89. The van der Waals surface area contributed by atoms with E-state index in [0.717, 1.165) is 12.8 Å². The van der Waals surface area contributed by atoms with E-state index in [0.29, 0.717) is 13.0 Å². The van der Waals surface area contributed by atoms with E-state index in [1.54, 1.807) is 0 Å². The van der Waals surface area contributed by atoms with Gasteiger partial charge >= 0.3 is 11.9 Å². The summed E-state index contributed by atoms with van der Waals surface area (Å²) in [4.78, 5) is 35.0. The number of likely N-dealkylation sites (tertiary alicyclic amines) is 1. The Morgan fingerprint density at radius 3 is 2.47 bits per heavy atom. The molecule has 108 valence electrons. The fourth-order valence-electron chi connectivity index (χ4n) is 2.40. The largest absolute Gasteiger partial charge is 0.481 e. The molecule has 4 N–H and O–H groups in total. The molecule has 1 aliphatic rings. The molecule has 0 aromatic rings. The van der Waals surface area contributed by atoms with E-state index in [1.807, 2.05) is 6.92 Å². The third-order valence-electron chi connectivity index (χ3n) is 3.57. The first-order chi connectivity index (χ1) is 8.86. The number of amides is 1. The average Bonchev–Trinajstić information content (AvgIpc) is 2.36. The van der Waals surface area contributed by atoms with E-state index in [9.17, 15) is 19.5 Å². The molecule has 7 heteroatoms. The van der Waals surface area contributed by atoms with Gasteiger partial charge in [0.05, 0.1) is 12.5 Å². The topological polar surface area (TPSA) is 121 Å². The second kappa shape index (κ2) is 6.51. The first-order valence-corrected chi connectivity index (χ1v) is 6.37. The Bertz CT molecular complexity index is 371. The van der Waals surface area contributed by atoms with Crippen molar-refractivity contribution < 1.29 is 24.6 Å². The molecular weight excluding hydrogens is 252 g/mol. The fraction of sp³-hybridized carbons (Fsp3) is 0.750. The number of nitrogens with two attached hydrogens (primary N) is 1. The summed E-state index contributed by atoms with van der Waals surface area (Å²) in [5.74, 6) is -2.55. The van der Waals surface area contributed by atoms with Crippen LogP contribution >= 0.6 is 0 Å². The monoisotopic (exact) mass is 272 g/mol. The molecule has 1 fully saturated rings. The number of carbonyl (C=O) groups is 3. The molecule has 0 aliphatic carbocycles. The van der Waals surface area contributed by atoms with Crippen molar-refractivity contribution in [2.24, 2.45) is 11.7 Å². The summed E-state index contributed by atoms with van der Waals surface area (Å²) in [5.41, 5.74) is 5.51. The highest BCUT2D eigenvalue weighted by Gasteiger charge is 2.37. The lowest BCUT2D eigenvalue weighted by atomic mass is 9.88. The highest BCUT2D eigenvalue weighted by Crippen LogP contribution is 2.26. The molecule has 1 heterocycles. The second-order valence-corrected chi connectivity index (χ2v) is 4.89. The number of carboxylic acids is 2. The standard InChI is InChI=1S/C12H20N2O5/c1-2-7-3-4-14(9(5-7)12(18)19)11(17)8(13)6-10(15)16/h7-9H,2-6,13H2,1H3,(H,15,16)(H,18,19). The number of rotatable bonds is 5. The van der Waals surface area contributed by atoms with Gasteiger partial charge in [0, 0.05) is 6.54 Å². The van der Waals surface area contributed by atoms with Crippen LogP contribution in [0.15, 0.2) is 0 Å². The Morgan fingerprint density at radius 1 is 1.37 bits per heavy atom. The minimum Gasteiger partial charge on any atom is -0.481 e. The molecule has 0 spiro atoms. The van der Waals surface area contributed by atoms with Crippen molar-refractivity contribution in [1.82, 2.24) is 4.90 Å². The third-order valence-corrected chi connectivity index (χ3v) is 3.57. The van der Waals surface area contributed by atoms with Crippen LogP contribution in [0.3, 0.4) is 0 Å². The molecule has 1 amide bonds. The van der Waals surface area contributed by atoms with Gasteiger partial charge in [-0.2, -0.15) is 0 Å². The van der Waals surface area contributed by atoms with Crippen LogP contribution in [0.5, 0.6) is 0 Å². The van der Waals surface area contributed by atoms with Gasteiger partial charge in [-0.25, -0.2) is 4.79 Å². The lowest BCUT2D eigenvalue weighted by Crippen LogP contribution is -2.55. The Kier molecular flexibility index (Phi) is 5.29. The molecule has 0 aromatic carbocycles. The number of aliphatic carboxylic acids is 2. The summed E-state index contributed by atoms with van der Waals surface area (Å²) in [6, 6.07) is -2.08. The van der Waals surface area contributed by atoms with Gasteiger partial charge in [-0.15, -0.1) is 0 Å². The van der Waals surface area contributed by atoms with Crippen LogP contribution in [0.4, 0.5) is 0 Å². The predicted octanol–water partition coefficient (Wildman–Crippen LogP) is -0.110. The Morgan fingerprint density at radius 2 is 2.00 bits per heavy atom. The summed E-state index contributed by atoms with van der Waals surface area (Å²) in [7, 11) is 0. The first kappa shape index (κ1) is 15.4. The van der Waals surface area contributed by atoms with Gasteiger partial charge in [-0.05, 0) is 18.8 Å². The molecule has 1 rings (SSSR count). The zero-order chi connectivity index (χ0) is 14.6. The highest BCUT2D eigenvalue weighted by molar-refractivity contribution is 5.89. The van der Waals surface area contributed by atoms with E-state index in [4.69, 9.17) is 10.8 Å². The van der Waals surface area contributed by atoms with Gasteiger partial charge in [-0.1, -0.05) is 13.3 Å². The fourth-order valence-corrected chi connectivity index (χ4v) is 2.40. The molecule has 7 nitrogen and oxygen atoms in total. The van der Waals surface area contributed by atoms with Gasteiger partial charge in [0.15, 0.2) is 0 Å². The van der Waals surface area contributed by atoms with Crippen LogP contribution in [0, 0.1) is 5.92 Å². The van der Waals surface area contributed by atoms with Gasteiger partial charge in [-0.3, -0.25) is 9.59 Å². The van der Waals surface area contributed by atoms with Crippen molar-refractivity contribution in [3.8, 4) is 0 Å². The Hall–Kier alpha value is -1.63. The van der Waals surface area contributed by atoms with Crippen molar-refractivity contribution in [1.29, 1.82) is 0 Å². The van der Waals surface area contributed by atoms with E-state index >= 15 is 0 Å². The number of carbonyl (C=O) groups excluding carboxylic acids is 1. The van der Waals surface area contributed by atoms with E-state index in [-0.39, 0.29) is 5.92 Å². The molecule has 3 atom stereocenters. The van der Waals surface area contributed by atoms with Crippen molar-refractivity contribution in [3.05, 3.63) is 0 Å². The zero-order valence-electron chi connectivity index (χ0n) is 10.9. The molecule has 19 heavy (non-hydrogen) atoms. The minimum absolute atomic E-state index is 0.279. The lowest BCUT2D eigenvalue weighted by molar-refractivity contribution is -0.154. The summed E-state index contributed by atoms with van der Waals surface area (Å²) >= 11 is 0. The van der Waals surface area contributed by atoms with E-state index in [1.165, 1.54) is 4.90 Å².